The Morgan fingerprint density at radius 3 is 2.21 bits per heavy atom. The van der Waals surface area contributed by atoms with E-state index in [9.17, 15) is 19.2 Å². The molecule has 0 aromatic rings. The third kappa shape index (κ3) is 10.9. The lowest BCUT2D eigenvalue weighted by Gasteiger charge is -2.15. The third-order valence-corrected chi connectivity index (χ3v) is 5.05. The molecule has 1 aliphatic rings. The monoisotopic (exact) mass is 407 g/mol. The van der Waals surface area contributed by atoms with E-state index in [0.29, 0.717) is 51.6 Å². The van der Waals surface area contributed by atoms with Gasteiger partial charge in [-0.15, -0.1) is 0 Å². The second-order valence-corrected chi connectivity index (χ2v) is 8.19. The minimum Gasteiger partial charge on any atom is -0.355 e. The zero-order valence-electron chi connectivity index (χ0n) is 18.0. The van der Waals surface area contributed by atoms with Crippen LogP contribution in [0.25, 0.3) is 0 Å². The molecule has 0 saturated heterocycles. The Morgan fingerprint density at radius 1 is 0.931 bits per heavy atom. The Balaban J connectivity index is 2.01. The molecular formula is C22H37N3O4. The molecule has 29 heavy (non-hydrogen) atoms. The maximum absolute atomic E-state index is 12.0. The predicted molar refractivity (Wildman–Crippen MR) is 113 cm³/mol. The number of nitrogens with one attached hydrogen (secondary N) is 1. The van der Waals surface area contributed by atoms with Crippen molar-refractivity contribution in [2.24, 2.45) is 11.7 Å². The predicted octanol–water partition coefficient (Wildman–Crippen LogP) is 2.48. The van der Waals surface area contributed by atoms with Crippen molar-refractivity contribution in [2.75, 3.05) is 13.1 Å². The van der Waals surface area contributed by atoms with Gasteiger partial charge in [-0.2, -0.15) is 0 Å². The summed E-state index contributed by atoms with van der Waals surface area (Å²) in [6, 6.07) is -0.616. The van der Waals surface area contributed by atoms with Crippen LogP contribution in [0.1, 0.15) is 78.1 Å². The molecule has 1 heterocycles. The molecule has 164 valence electrons. The molecule has 1 rings (SSSR count). The molecule has 0 aromatic carbocycles. The minimum absolute atomic E-state index is 0.221. The Kier molecular flexibility index (Phi) is 12.1. The Bertz CT molecular complexity index is 569. The number of Topliss-reactive ketones (excluding diaryl/α,β-unsaturated/α-hetero) is 1. The molecule has 0 spiro atoms. The number of hydrogen-bond donors (Lipinski definition) is 2. The van der Waals surface area contributed by atoms with E-state index in [4.69, 9.17) is 5.73 Å². The second-order valence-electron chi connectivity index (χ2n) is 8.19. The molecule has 3 amide bonds. The summed E-state index contributed by atoms with van der Waals surface area (Å²) in [6.07, 6.45) is 10.5. The Labute approximate surface area is 174 Å². The normalized spacial score (nSPS) is 14.7. The van der Waals surface area contributed by atoms with Crippen LogP contribution in [0, 0.1) is 5.92 Å². The summed E-state index contributed by atoms with van der Waals surface area (Å²) in [5.74, 6) is 0.176. The first kappa shape index (κ1) is 25.0. The number of carbonyl (C=O) groups is 4. The fourth-order valence-electron chi connectivity index (χ4n) is 3.22. The first-order valence-electron chi connectivity index (χ1n) is 10.9. The third-order valence-electron chi connectivity index (χ3n) is 5.05. The number of ketones is 1. The number of rotatable bonds is 16. The summed E-state index contributed by atoms with van der Waals surface area (Å²) in [7, 11) is 0. The van der Waals surface area contributed by atoms with E-state index < -0.39 is 6.04 Å². The highest BCUT2D eigenvalue weighted by atomic mass is 16.2. The van der Waals surface area contributed by atoms with Gasteiger partial charge in [0.15, 0.2) is 0 Å². The first-order chi connectivity index (χ1) is 13.8. The molecular weight excluding hydrogens is 370 g/mol. The highest BCUT2D eigenvalue weighted by Crippen LogP contribution is 2.11. The quantitative estimate of drug-likeness (QED) is 0.302. The first-order valence-corrected chi connectivity index (χ1v) is 10.9. The largest absolute Gasteiger partial charge is 0.355 e. The van der Waals surface area contributed by atoms with E-state index in [1.165, 1.54) is 29.9 Å². The summed E-state index contributed by atoms with van der Waals surface area (Å²) >= 11 is 0. The molecule has 7 heteroatoms. The second kappa shape index (κ2) is 14.0. The van der Waals surface area contributed by atoms with Gasteiger partial charge in [-0.25, -0.2) is 0 Å². The smallest absolute Gasteiger partial charge is 0.253 e. The van der Waals surface area contributed by atoms with Gasteiger partial charge < -0.3 is 11.1 Å². The van der Waals surface area contributed by atoms with Crippen LogP contribution in [-0.4, -0.2) is 47.5 Å². The van der Waals surface area contributed by atoms with E-state index in [1.807, 2.05) is 0 Å². The van der Waals surface area contributed by atoms with Crippen LogP contribution in [0.5, 0.6) is 0 Å². The van der Waals surface area contributed by atoms with E-state index in [-0.39, 0.29) is 23.5 Å². The van der Waals surface area contributed by atoms with Crippen molar-refractivity contribution >= 4 is 23.5 Å². The summed E-state index contributed by atoms with van der Waals surface area (Å²) in [5.41, 5.74) is 5.88. The van der Waals surface area contributed by atoms with Gasteiger partial charge in [0.25, 0.3) is 11.8 Å². The molecule has 0 aliphatic carbocycles. The van der Waals surface area contributed by atoms with Crippen molar-refractivity contribution in [2.45, 2.75) is 84.1 Å². The van der Waals surface area contributed by atoms with Crippen LogP contribution in [0.3, 0.4) is 0 Å². The van der Waals surface area contributed by atoms with Crippen molar-refractivity contribution in [3.8, 4) is 0 Å². The van der Waals surface area contributed by atoms with Gasteiger partial charge >= 0.3 is 0 Å². The number of carbonyl (C=O) groups excluding carboxylic acids is 4. The maximum Gasteiger partial charge on any atom is 0.253 e. The molecule has 1 unspecified atom stereocenters. The molecule has 0 aromatic heterocycles. The summed E-state index contributed by atoms with van der Waals surface area (Å²) in [4.78, 5) is 47.9. The number of nitrogens with two attached hydrogens (primary N) is 1. The molecule has 1 aliphatic heterocycles. The average molecular weight is 408 g/mol. The highest BCUT2D eigenvalue weighted by molar-refractivity contribution is 6.12. The Morgan fingerprint density at radius 2 is 1.55 bits per heavy atom. The standard InChI is InChI=1S/C22H37N3O4/c1-17(2)9-4-3-5-10-18(26)11-8-15-24-22(29)19(23)12-6-7-16-25-20(27)13-14-21(25)28/h13-14,17,19H,3-12,15-16,23H2,1-2H3,(H,24,29). The molecule has 3 N–H and O–H groups in total. The fraction of sp³-hybridized carbons (Fsp3) is 0.727. The SMILES string of the molecule is CC(C)CCCCCC(=O)CCCNC(=O)C(N)CCCCN1C(=O)C=CC1=O. The molecule has 0 bridgehead atoms. The van der Waals surface area contributed by atoms with Crippen molar-refractivity contribution in [1.29, 1.82) is 0 Å². The van der Waals surface area contributed by atoms with Crippen molar-refractivity contribution < 1.29 is 19.2 Å². The van der Waals surface area contributed by atoms with Crippen LogP contribution in [0.2, 0.25) is 0 Å². The number of unbranched alkanes of at least 4 members (excludes halogenated alkanes) is 3. The molecule has 0 saturated carbocycles. The van der Waals surface area contributed by atoms with Crippen LogP contribution in [0.15, 0.2) is 12.2 Å². The minimum atomic E-state index is -0.616. The van der Waals surface area contributed by atoms with Gasteiger partial charge in [0.05, 0.1) is 6.04 Å². The van der Waals surface area contributed by atoms with Gasteiger partial charge in [-0.05, 0) is 38.0 Å². The maximum atomic E-state index is 12.0. The van der Waals surface area contributed by atoms with Gasteiger partial charge in [-0.3, -0.25) is 24.1 Å². The highest BCUT2D eigenvalue weighted by Gasteiger charge is 2.22. The summed E-state index contributed by atoms with van der Waals surface area (Å²) in [6.45, 7) is 5.22. The Hall–Kier alpha value is -2.02. The van der Waals surface area contributed by atoms with Gasteiger partial charge in [0.2, 0.25) is 5.91 Å². The zero-order valence-corrected chi connectivity index (χ0v) is 18.0. The summed E-state index contributed by atoms with van der Waals surface area (Å²) < 4.78 is 0. The molecule has 1 atom stereocenters. The number of nitrogens with zero attached hydrogens (tertiary/aromatic N) is 1. The lowest BCUT2D eigenvalue weighted by molar-refractivity contribution is -0.137. The molecule has 7 nitrogen and oxygen atoms in total. The van der Waals surface area contributed by atoms with Gasteiger partial charge in [0.1, 0.15) is 5.78 Å². The lowest BCUT2D eigenvalue weighted by Crippen LogP contribution is -2.41. The van der Waals surface area contributed by atoms with Gasteiger partial charge in [0, 0.05) is 38.1 Å². The molecule has 0 radical (unpaired) electrons. The lowest BCUT2D eigenvalue weighted by atomic mass is 10.0. The van der Waals surface area contributed by atoms with Crippen molar-refractivity contribution in [3.63, 3.8) is 0 Å². The van der Waals surface area contributed by atoms with E-state index in [2.05, 4.69) is 19.2 Å². The van der Waals surface area contributed by atoms with Crippen LogP contribution >= 0.6 is 0 Å². The van der Waals surface area contributed by atoms with Gasteiger partial charge in [-0.1, -0.05) is 33.1 Å². The summed E-state index contributed by atoms with van der Waals surface area (Å²) in [5, 5.41) is 2.78. The number of hydrogen-bond acceptors (Lipinski definition) is 5. The van der Waals surface area contributed by atoms with E-state index in [0.717, 1.165) is 18.8 Å². The van der Waals surface area contributed by atoms with Crippen LogP contribution < -0.4 is 11.1 Å². The molecule has 0 fully saturated rings. The fourth-order valence-corrected chi connectivity index (χ4v) is 3.22. The van der Waals surface area contributed by atoms with E-state index >= 15 is 0 Å². The van der Waals surface area contributed by atoms with Crippen LogP contribution in [-0.2, 0) is 19.2 Å². The number of imide groups is 1. The van der Waals surface area contributed by atoms with Crippen molar-refractivity contribution in [1.82, 2.24) is 10.2 Å². The van der Waals surface area contributed by atoms with Crippen molar-refractivity contribution in [3.05, 3.63) is 12.2 Å². The average Bonchev–Trinajstić information content (AvgIpc) is 2.99. The van der Waals surface area contributed by atoms with E-state index in [1.54, 1.807) is 0 Å². The zero-order chi connectivity index (χ0) is 21.6. The van der Waals surface area contributed by atoms with Crippen LogP contribution in [0.4, 0.5) is 0 Å². The topological polar surface area (TPSA) is 110 Å². The number of amides is 3.